The van der Waals surface area contributed by atoms with Crippen molar-refractivity contribution in [2.75, 3.05) is 26.4 Å². The molecule has 0 aliphatic carbocycles. The first-order chi connectivity index (χ1) is 31.4. The Morgan fingerprint density at radius 2 is 0.859 bits per heavy atom. The number of carbonyl (C=O) groups excluding carboxylic acids is 1. The highest BCUT2D eigenvalue weighted by atomic mass is 16.7. The lowest BCUT2D eigenvalue weighted by Crippen LogP contribution is -2.59. The molecule has 9 heteroatoms. The molecule has 0 aromatic carbocycles. The molecule has 1 fully saturated rings. The summed E-state index contributed by atoms with van der Waals surface area (Å²) in [6.07, 6.45) is 49.3. The summed E-state index contributed by atoms with van der Waals surface area (Å²) in [6.45, 7) is 4.58. The molecular weight excluding hydrogens is 805 g/mol. The minimum atomic E-state index is -1.54. The zero-order valence-corrected chi connectivity index (χ0v) is 41.8. The van der Waals surface area contributed by atoms with E-state index in [-0.39, 0.29) is 19.2 Å². The van der Waals surface area contributed by atoms with Gasteiger partial charge in [-0.05, 0) is 64.2 Å². The quantitative estimate of drug-likeness (QED) is 0.0267. The van der Waals surface area contributed by atoms with Crippen molar-refractivity contribution in [2.24, 2.45) is 0 Å². The molecule has 0 spiro atoms. The lowest BCUT2D eigenvalue weighted by Gasteiger charge is -2.39. The Morgan fingerprint density at radius 1 is 0.484 bits per heavy atom. The van der Waals surface area contributed by atoms with Crippen LogP contribution < -0.4 is 0 Å². The van der Waals surface area contributed by atoms with Crippen LogP contribution in [0.4, 0.5) is 0 Å². The molecule has 1 aliphatic rings. The predicted molar refractivity (Wildman–Crippen MR) is 265 cm³/mol. The zero-order chi connectivity index (χ0) is 46.4. The number of esters is 1. The Kier molecular flexibility index (Phi) is 44.3. The van der Waals surface area contributed by atoms with Gasteiger partial charge in [0, 0.05) is 13.0 Å². The second-order valence-corrected chi connectivity index (χ2v) is 19.0. The van der Waals surface area contributed by atoms with E-state index in [1.807, 2.05) is 0 Å². The molecule has 6 unspecified atom stereocenters. The minimum absolute atomic E-state index is 0.112. The number of allylic oxidation sites excluding steroid dienone is 4. The van der Waals surface area contributed by atoms with Crippen LogP contribution in [0, 0.1) is 0 Å². The summed E-state index contributed by atoms with van der Waals surface area (Å²) in [5.74, 6) is -0.311. The van der Waals surface area contributed by atoms with Crippen LogP contribution in [0.25, 0.3) is 0 Å². The molecule has 1 saturated heterocycles. The SMILES string of the molecule is CCCCCCCC/C=C\CCCCCCCCOCC(COC1OC(CO)C(O)C(O)C1O)OC(=O)CCCCCCCCCCCCCCC/C=C\CCCCCCCCCC. The summed E-state index contributed by atoms with van der Waals surface area (Å²) in [7, 11) is 0. The van der Waals surface area contributed by atoms with Crippen molar-refractivity contribution in [1.29, 1.82) is 0 Å². The average Bonchev–Trinajstić information content (AvgIpc) is 3.30. The topological polar surface area (TPSA) is 135 Å². The summed E-state index contributed by atoms with van der Waals surface area (Å²) in [5.41, 5.74) is 0. The number of ether oxygens (including phenoxy) is 4. The smallest absolute Gasteiger partial charge is 0.306 e. The van der Waals surface area contributed by atoms with Crippen LogP contribution >= 0.6 is 0 Å². The van der Waals surface area contributed by atoms with Crippen LogP contribution in [-0.2, 0) is 23.7 Å². The Labute approximate surface area is 394 Å². The Morgan fingerprint density at radius 3 is 1.27 bits per heavy atom. The van der Waals surface area contributed by atoms with E-state index in [4.69, 9.17) is 18.9 Å². The van der Waals surface area contributed by atoms with Crippen molar-refractivity contribution in [1.82, 2.24) is 0 Å². The van der Waals surface area contributed by atoms with Crippen LogP contribution in [0.5, 0.6) is 0 Å². The van der Waals surface area contributed by atoms with Gasteiger partial charge in [0.15, 0.2) is 6.29 Å². The van der Waals surface area contributed by atoms with E-state index >= 15 is 0 Å². The highest BCUT2D eigenvalue weighted by Crippen LogP contribution is 2.23. The normalized spacial score (nSPS) is 19.6. The molecular formula is C55H104O9. The number of aliphatic hydroxyl groups excluding tert-OH is 4. The molecule has 1 rings (SSSR count). The maximum absolute atomic E-state index is 12.9. The maximum Gasteiger partial charge on any atom is 0.306 e. The van der Waals surface area contributed by atoms with Crippen molar-refractivity contribution >= 4 is 5.97 Å². The standard InChI is InChI=1S/C55H104O9/c1-3-5-7-9-11-13-15-17-19-21-22-23-24-25-26-27-28-29-30-32-34-36-38-40-42-44-51(57)63-49(48-62-55-54(60)53(59)52(58)50(46-56)64-55)47-61-45-43-41-39-37-35-33-31-20-18-16-14-12-10-8-6-4-2/h18,20-22,49-50,52-56,58-60H,3-17,19,23-48H2,1-2H3/b20-18-,22-21-. The fourth-order valence-corrected chi connectivity index (χ4v) is 8.54. The van der Waals surface area contributed by atoms with E-state index in [9.17, 15) is 25.2 Å². The monoisotopic (exact) mass is 909 g/mol. The van der Waals surface area contributed by atoms with Crippen LogP contribution in [0.1, 0.15) is 258 Å². The van der Waals surface area contributed by atoms with E-state index in [1.54, 1.807) is 0 Å². The molecule has 6 atom stereocenters. The third-order valence-corrected chi connectivity index (χ3v) is 12.8. The largest absolute Gasteiger partial charge is 0.457 e. The summed E-state index contributed by atoms with van der Waals surface area (Å²) in [6, 6.07) is 0. The number of carbonyl (C=O) groups is 1. The maximum atomic E-state index is 12.9. The van der Waals surface area contributed by atoms with Gasteiger partial charge >= 0.3 is 5.97 Å². The van der Waals surface area contributed by atoms with Crippen LogP contribution in [0.3, 0.4) is 0 Å². The van der Waals surface area contributed by atoms with Gasteiger partial charge in [-0.15, -0.1) is 0 Å². The summed E-state index contributed by atoms with van der Waals surface area (Å²) in [4.78, 5) is 12.9. The highest BCUT2D eigenvalue weighted by Gasteiger charge is 2.44. The van der Waals surface area contributed by atoms with Gasteiger partial charge in [0.05, 0.1) is 19.8 Å². The van der Waals surface area contributed by atoms with Gasteiger partial charge in [-0.3, -0.25) is 4.79 Å². The molecule has 0 aromatic heterocycles. The second kappa shape index (κ2) is 46.8. The molecule has 0 bridgehead atoms. The summed E-state index contributed by atoms with van der Waals surface area (Å²) >= 11 is 0. The fourth-order valence-electron chi connectivity index (χ4n) is 8.54. The van der Waals surface area contributed by atoms with E-state index in [0.717, 1.165) is 32.1 Å². The molecule has 4 N–H and O–H groups in total. The molecule has 0 aromatic rings. The summed E-state index contributed by atoms with van der Waals surface area (Å²) < 4.78 is 22.9. The van der Waals surface area contributed by atoms with Crippen LogP contribution in [0.15, 0.2) is 24.3 Å². The highest BCUT2D eigenvalue weighted by molar-refractivity contribution is 5.69. The molecule has 1 aliphatic heterocycles. The van der Waals surface area contributed by atoms with Gasteiger partial charge < -0.3 is 39.4 Å². The first-order valence-corrected chi connectivity index (χ1v) is 27.4. The van der Waals surface area contributed by atoms with Gasteiger partial charge in [-0.1, -0.05) is 212 Å². The molecule has 9 nitrogen and oxygen atoms in total. The minimum Gasteiger partial charge on any atom is -0.457 e. The first kappa shape index (κ1) is 60.7. The lowest BCUT2D eigenvalue weighted by atomic mass is 9.99. The van der Waals surface area contributed by atoms with Crippen molar-refractivity contribution in [3.8, 4) is 0 Å². The van der Waals surface area contributed by atoms with Gasteiger partial charge in [0.1, 0.15) is 30.5 Å². The third kappa shape index (κ3) is 36.7. The van der Waals surface area contributed by atoms with Crippen molar-refractivity contribution in [3.05, 3.63) is 24.3 Å². The zero-order valence-electron chi connectivity index (χ0n) is 41.8. The van der Waals surface area contributed by atoms with Crippen molar-refractivity contribution in [3.63, 3.8) is 0 Å². The Balaban J connectivity index is 2.15. The average molecular weight is 909 g/mol. The van der Waals surface area contributed by atoms with E-state index in [0.29, 0.717) is 13.0 Å². The van der Waals surface area contributed by atoms with Crippen LogP contribution in [-0.4, -0.2) is 89.6 Å². The summed E-state index contributed by atoms with van der Waals surface area (Å²) in [5, 5.41) is 40.3. The van der Waals surface area contributed by atoms with Gasteiger partial charge in [0.25, 0.3) is 0 Å². The molecule has 1 heterocycles. The van der Waals surface area contributed by atoms with E-state index in [1.165, 1.54) is 205 Å². The lowest BCUT2D eigenvalue weighted by molar-refractivity contribution is -0.305. The number of hydrogen-bond acceptors (Lipinski definition) is 9. The van der Waals surface area contributed by atoms with Gasteiger partial charge in [-0.2, -0.15) is 0 Å². The number of hydrogen-bond donors (Lipinski definition) is 4. The Hall–Kier alpha value is -1.33. The molecule has 0 saturated carbocycles. The number of aliphatic hydroxyl groups is 4. The molecule has 64 heavy (non-hydrogen) atoms. The predicted octanol–water partition coefficient (Wildman–Crippen LogP) is 13.7. The van der Waals surface area contributed by atoms with Gasteiger partial charge in [-0.25, -0.2) is 0 Å². The molecule has 0 amide bonds. The van der Waals surface area contributed by atoms with Crippen molar-refractivity contribution < 1.29 is 44.2 Å². The van der Waals surface area contributed by atoms with E-state index < -0.39 is 43.4 Å². The fraction of sp³-hybridized carbons (Fsp3) is 0.909. The first-order valence-electron chi connectivity index (χ1n) is 27.4. The number of rotatable bonds is 48. The third-order valence-electron chi connectivity index (χ3n) is 12.8. The Bertz CT molecular complexity index is 1040. The number of unbranched alkanes of at least 4 members (excludes halogenated alkanes) is 33. The second-order valence-electron chi connectivity index (χ2n) is 19.0. The van der Waals surface area contributed by atoms with E-state index in [2.05, 4.69) is 38.2 Å². The van der Waals surface area contributed by atoms with Crippen LogP contribution in [0.2, 0.25) is 0 Å². The van der Waals surface area contributed by atoms with Crippen molar-refractivity contribution in [2.45, 2.75) is 295 Å². The molecule has 378 valence electrons. The molecule has 0 radical (unpaired) electrons. The van der Waals surface area contributed by atoms with Gasteiger partial charge in [0.2, 0.25) is 0 Å².